The first-order chi connectivity index (χ1) is 6.88. The smallest absolute Gasteiger partial charge is 0.245 e. The van der Waals surface area contributed by atoms with Gasteiger partial charge < -0.3 is 5.11 Å². The van der Waals surface area contributed by atoms with E-state index in [2.05, 4.69) is 0 Å². The van der Waals surface area contributed by atoms with Gasteiger partial charge in [-0.15, -0.1) is 0 Å². The third kappa shape index (κ3) is 4.92. The van der Waals surface area contributed by atoms with Crippen molar-refractivity contribution in [2.45, 2.75) is 64.4 Å². The minimum atomic E-state index is -2.51. The topological polar surface area (TPSA) is 20.2 Å². The lowest BCUT2D eigenvalue weighted by molar-refractivity contribution is 0.00250. The molecular formula is C12H22F2O. The first-order valence-electron chi connectivity index (χ1n) is 5.94. The zero-order valence-electron chi connectivity index (χ0n) is 9.68. The van der Waals surface area contributed by atoms with Crippen LogP contribution in [0, 0.1) is 11.8 Å². The molecule has 1 atom stereocenters. The van der Waals surface area contributed by atoms with E-state index >= 15 is 0 Å². The number of rotatable bonds is 4. The van der Waals surface area contributed by atoms with Gasteiger partial charge in [-0.05, 0) is 44.9 Å². The summed E-state index contributed by atoms with van der Waals surface area (Å²) in [5, 5.41) is 9.40. The van der Waals surface area contributed by atoms with Gasteiger partial charge in [0.05, 0.1) is 6.10 Å². The lowest BCUT2D eigenvalue weighted by Gasteiger charge is -2.30. The van der Waals surface area contributed by atoms with Gasteiger partial charge in [0, 0.05) is 6.42 Å². The van der Waals surface area contributed by atoms with Crippen LogP contribution in [-0.2, 0) is 0 Å². The fraction of sp³-hybridized carbons (Fsp3) is 1.00. The molecule has 1 saturated carbocycles. The highest BCUT2D eigenvalue weighted by molar-refractivity contribution is 4.76. The van der Waals surface area contributed by atoms with Gasteiger partial charge in [-0.2, -0.15) is 0 Å². The van der Waals surface area contributed by atoms with Gasteiger partial charge in [0.25, 0.3) is 0 Å². The summed E-state index contributed by atoms with van der Waals surface area (Å²) >= 11 is 0. The zero-order chi connectivity index (χ0) is 11.5. The lowest BCUT2D eigenvalue weighted by Crippen LogP contribution is -2.24. The van der Waals surface area contributed by atoms with Crippen molar-refractivity contribution in [3.8, 4) is 0 Å². The third-order valence-electron chi connectivity index (χ3n) is 3.57. The van der Waals surface area contributed by atoms with Crippen LogP contribution in [0.3, 0.4) is 0 Å². The van der Waals surface area contributed by atoms with Gasteiger partial charge in [-0.3, -0.25) is 0 Å². The van der Waals surface area contributed by atoms with Crippen LogP contribution in [0.5, 0.6) is 0 Å². The molecule has 1 nitrogen and oxygen atoms in total. The molecule has 1 aliphatic carbocycles. The summed E-state index contributed by atoms with van der Waals surface area (Å²) in [6.45, 7) is 2.82. The van der Waals surface area contributed by atoms with Crippen molar-refractivity contribution in [3.05, 3.63) is 0 Å². The van der Waals surface area contributed by atoms with Crippen LogP contribution in [0.25, 0.3) is 0 Å². The molecule has 15 heavy (non-hydrogen) atoms. The highest BCUT2D eigenvalue weighted by Gasteiger charge is 2.27. The maximum atomic E-state index is 12.6. The maximum absolute atomic E-state index is 12.6. The molecule has 0 spiro atoms. The summed E-state index contributed by atoms with van der Waals surface area (Å²) in [5.74, 6) is -1.67. The van der Waals surface area contributed by atoms with Crippen molar-refractivity contribution in [1.29, 1.82) is 0 Å². The molecule has 0 heterocycles. The predicted octanol–water partition coefficient (Wildman–Crippen LogP) is 3.61. The van der Waals surface area contributed by atoms with Crippen LogP contribution >= 0.6 is 0 Å². The summed E-state index contributed by atoms with van der Waals surface area (Å²) in [7, 11) is 0. The summed E-state index contributed by atoms with van der Waals surface area (Å²) in [6.07, 6.45) is 4.41. The molecule has 0 saturated heterocycles. The molecule has 0 aliphatic heterocycles. The fourth-order valence-electron chi connectivity index (χ4n) is 2.42. The summed E-state index contributed by atoms with van der Waals surface area (Å²) in [6, 6.07) is 0. The lowest BCUT2D eigenvalue weighted by atomic mass is 9.78. The molecule has 0 bridgehead atoms. The molecule has 0 aromatic rings. The number of halogens is 2. The Bertz CT molecular complexity index is 179. The predicted molar refractivity (Wildman–Crippen MR) is 57.0 cm³/mol. The van der Waals surface area contributed by atoms with Gasteiger partial charge in [-0.1, -0.05) is 12.8 Å². The summed E-state index contributed by atoms with van der Waals surface area (Å²) < 4.78 is 25.3. The molecule has 1 N–H and O–H groups in total. The van der Waals surface area contributed by atoms with E-state index in [0.717, 1.165) is 32.6 Å². The largest absolute Gasteiger partial charge is 0.393 e. The fourth-order valence-corrected chi connectivity index (χ4v) is 2.42. The van der Waals surface area contributed by atoms with E-state index < -0.39 is 5.92 Å². The average molecular weight is 220 g/mol. The number of aliphatic hydroxyl groups is 1. The Hall–Kier alpha value is -0.180. The van der Waals surface area contributed by atoms with Crippen molar-refractivity contribution in [2.75, 3.05) is 0 Å². The van der Waals surface area contributed by atoms with Gasteiger partial charge >= 0.3 is 0 Å². The van der Waals surface area contributed by atoms with Crippen LogP contribution in [0.4, 0.5) is 8.78 Å². The summed E-state index contributed by atoms with van der Waals surface area (Å²) in [4.78, 5) is 0. The van der Waals surface area contributed by atoms with Gasteiger partial charge in [0.2, 0.25) is 5.92 Å². The Morgan fingerprint density at radius 3 is 2.20 bits per heavy atom. The Balaban J connectivity index is 2.20. The first-order valence-corrected chi connectivity index (χ1v) is 5.94. The van der Waals surface area contributed by atoms with E-state index in [4.69, 9.17) is 0 Å². The van der Waals surface area contributed by atoms with E-state index in [9.17, 15) is 13.9 Å². The van der Waals surface area contributed by atoms with Crippen molar-refractivity contribution in [2.24, 2.45) is 11.8 Å². The van der Waals surface area contributed by atoms with E-state index in [0.29, 0.717) is 18.3 Å². The van der Waals surface area contributed by atoms with Crippen LogP contribution in [0.1, 0.15) is 52.4 Å². The third-order valence-corrected chi connectivity index (χ3v) is 3.57. The normalized spacial score (nSPS) is 30.2. The van der Waals surface area contributed by atoms with Gasteiger partial charge in [-0.25, -0.2) is 8.78 Å². The minimum Gasteiger partial charge on any atom is -0.393 e. The molecule has 0 aromatic carbocycles. The second-order valence-corrected chi connectivity index (χ2v) is 5.13. The van der Waals surface area contributed by atoms with Crippen molar-refractivity contribution >= 4 is 0 Å². The molecule has 1 rings (SSSR count). The number of alkyl halides is 2. The highest BCUT2D eigenvalue weighted by Crippen LogP contribution is 2.35. The van der Waals surface area contributed by atoms with Crippen molar-refractivity contribution in [3.63, 3.8) is 0 Å². The first kappa shape index (κ1) is 12.9. The number of hydrogen-bond acceptors (Lipinski definition) is 1. The van der Waals surface area contributed by atoms with E-state index in [1.54, 1.807) is 0 Å². The van der Waals surface area contributed by atoms with Gasteiger partial charge in [0.15, 0.2) is 0 Å². The zero-order valence-corrected chi connectivity index (χ0v) is 9.68. The van der Waals surface area contributed by atoms with Crippen LogP contribution in [0.2, 0.25) is 0 Å². The molecule has 90 valence electrons. The quantitative estimate of drug-likeness (QED) is 0.767. The second kappa shape index (κ2) is 5.24. The van der Waals surface area contributed by atoms with E-state index in [1.165, 1.54) is 0 Å². The van der Waals surface area contributed by atoms with E-state index in [-0.39, 0.29) is 12.5 Å². The molecule has 1 unspecified atom stereocenters. The molecule has 1 fully saturated rings. The summed E-state index contributed by atoms with van der Waals surface area (Å²) in [5.41, 5.74) is 0. The van der Waals surface area contributed by atoms with Crippen LogP contribution in [-0.4, -0.2) is 17.1 Å². The Labute approximate surface area is 90.9 Å². The molecule has 1 aliphatic rings. The molecule has 0 aromatic heterocycles. The maximum Gasteiger partial charge on any atom is 0.245 e. The molecule has 0 radical (unpaired) electrons. The Morgan fingerprint density at radius 1 is 1.27 bits per heavy atom. The van der Waals surface area contributed by atoms with Crippen LogP contribution in [0.15, 0.2) is 0 Å². The average Bonchev–Trinajstić information content (AvgIpc) is 2.14. The Kier molecular flexibility index (Phi) is 4.50. The van der Waals surface area contributed by atoms with Crippen molar-refractivity contribution in [1.82, 2.24) is 0 Å². The molecule has 0 amide bonds. The van der Waals surface area contributed by atoms with Crippen LogP contribution < -0.4 is 0 Å². The van der Waals surface area contributed by atoms with Gasteiger partial charge in [0.1, 0.15) is 0 Å². The minimum absolute atomic E-state index is 0.0109. The van der Waals surface area contributed by atoms with E-state index in [1.807, 2.05) is 6.92 Å². The Morgan fingerprint density at radius 2 is 1.80 bits per heavy atom. The molecule has 3 heteroatoms. The standard InChI is InChI=1S/C12H22F2O/c1-9(15)11-5-3-10(4-6-11)7-8-12(2,13)14/h9-11,15H,3-8H2,1-2H3. The number of aliphatic hydroxyl groups excluding tert-OH is 1. The highest BCUT2D eigenvalue weighted by atomic mass is 19.3. The monoisotopic (exact) mass is 220 g/mol. The number of hydrogen-bond donors (Lipinski definition) is 1. The SMILES string of the molecule is CC(O)C1CCC(CCC(C)(F)F)CC1. The van der Waals surface area contributed by atoms with Crippen molar-refractivity contribution < 1.29 is 13.9 Å². The molecular weight excluding hydrogens is 198 g/mol. The second-order valence-electron chi connectivity index (χ2n) is 5.13.